The van der Waals surface area contributed by atoms with Gasteiger partial charge in [0, 0.05) is 12.6 Å². The minimum atomic E-state index is -0.104. The molecule has 2 aromatic heterocycles. The smallest absolute Gasteiger partial charge is 0.277 e. The Kier molecular flexibility index (Phi) is 5.40. The van der Waals surface area contributed by atoms with Gasteiger partial charge in [-0.3, -0.25) is 4.79 Å². The van der Waals surface area contributed by atoms with Crippen LogP contribution in [-0.2, 0) is 4.79 Å². The minimum Gasteiger partial charge on any atom is -0.411 e. The first-order valence-corrected chi connectivity index (χ1v) is 10.5. The van der Waals surface area contributed by atoms with Crippen LogP contribution in [-0.4, -0.2) is 38.8 Å². The Hall–Kier alpha value is -2.71. The number of thiazole rings is 1. The molecule has 4 aromatic rings. The van der Waals surface area contributed by atoms with Crippen LogP contribution in [0.1, 0.15) is 18.0 Å². The van der Waals surface area contributed by atoms with E-state index in [0.29, 0.717) is 11.1 Å². The largest absolute Gasteiger partial charge is 0.411 e. The van der Waals surface area contributed by atoms with E-state index in [2.05, 4.69) is 15.2 Å². The maximum Gasteiger partial charge on any atom is 0.277 e. The zero-order valence-corrected chi connectivity index (χ0v) is 17.0. The molecule has 0 N–H and O–H groups in total. The van der Waals surface area contributed by atoms with Crippen LogP contribution in [0.4, 0.5) is 0 Å². The van der Waals surface area contributed by atoms with Gasteiger partial charge in [0.25, 0.3) is 5.22 Å². The summed E-state index contributed by atoms with van der Waals surface area (Å²) in [6, 6.07) is 17.4. The topological polar surface area (TPSA) is 72.1 Å². The van der Waals surface area contributed by atoms with Gasteiger partial charge in [0.1, 0.15) is 5.01 Å². The molecule has 0 unspecified atom stereocenters. The molecule has 1 atom stereocenters. The van der Waals surface area contributed by atoms with Gasteiger partial charge < -0.3 is 9.32 Å². The molecular formula is C20H18N4O2S2. The molecule has 0 aliphatic carbocycles. The summed E-state index contributed by atoms with van der Waals surface area (Å²) >= 11 is 2.86. The lowest BCUT2D eigenvalue weighted by atomic mass is 10.2. The van der Waals surface area contributed by atoms with Crippen molar-refractivity contribution in [1.29, 1.82) is 0 Å². The molecule has 0 saturated carbocycles. The van der Waals surface area contributed by atoms with Gasteiger partial charge in [-0.25, -0.2) is 4.98 Å². The van der Waals surface area contributed by atoms with E-state index >= 15 is 0 Å². The molecule has 0 aliphatic heterocycles. The lowest BCUT2D eigenvalue weighted by Crippen LogP contribution is -2.31. The number of benzene rings is 2. The van der Waals surface area contributed by atoms with Crippen molar-refractivity contribution in [3.8, 4) is 11.5 Å². The number of aromatic nitrogens is 3. The Morgan fingerprint density at radius 1 is 1.14 bits per heavy atom. The van der Waals surface area contributed by atoms with E-state index in [1.165, 1.54) is 11.8 Å². The highest BCUT2D eigenvalue weighted by Crippen LogP contribution is 2.29. The Morgan fingerprint density at radius 3 is 2.68 bits per heavy atom. The van der Waals surface area contributed by atoms with Crippen LogP contribution < -0.4 is 0 Å². The third-order valence-corrected chi connectivity index (χ3v) is 6.40. The Balaban J connectivity index is 1.38. The standard InChI is InChI=1S/C20H18N4O2S2/c1-13(19-21-15-10-6-7-11-16(15)28-19)24(2)17(25)12-27-20-23-22-18(26-20)14-8-4-3-5-9-14/h3-11,13H,12H2,1-2H3/t13-/m0/s1. The molecule has 0 radical (unpaired) electrons. The highest BCUT2D eigenvalue weighted by atomic mass is 32.2. The van der Waals surface area contributed by atoms with Gasteiger partial charge in [0.15, 0.2) is 0 Å². The second-order valence-electron chi connectivity index (χ2n) is 6.23. The highest BCUT2D eigenvalue weighted by molar-refractivity contribution is 7.99. The number of thioether (sulfide) groups is 1. The van der Waals surface area contributed by atoms with Crippen LogP contribution in [0.5, 0.6) is 0 Å². The van der Waals surface area contributed by atoms with Gasteiger partial charge >= 0.3 is 0 Å². The van der Waals surface area contributed by atoms with Crippen molar-refractivity contribution in [3.63, 3.8) is 0 Å². The van der Waals surface area contributed by atoms with Gasteiger partial charge in [0.2, 0.25) is 11.8 Å². The molecule has 0 spiro atoms. The monoisotopic (exact) mass is 410 g/mol. The van der Waals surface area contributed by atoms with Crippen molar-refractivity contribution in [1.82, 2.24) is 20.1 Å². The van der Waals surface area contributed by atoms with Gasteiger partial charge in [-0.1, -0.05) is 42.1 Å². The normalized spacial score (nSPS) is 12.2. The quantitative estimate of drug-likeness (QED) is 0.431. The van der Waals surface area contributed by atoms with Crippen LogP contribution in [0, 0.1) is 0 Å². The summed E-state index contributed by atoms with van der Waals surface area (Å²) in [6.45, 7) is 1.99. The van der Waals surface area contributed by atoms with Gasteiger partial charge in [-0.15, -0.1) is 21.5 Å². The van der Waals surface area contributed by atoms with Gasteiger partial charge in [-0.2, -0.15) is 0 Å². The first-order chi connectivity index (χ1) is 13.6. The maximum absolute atomic E-state index is 12.6. The number of hydrogen-bond donors (Lipinski definition) is 0. The number of nitrogens with zero attached hydrogens (tertiary/aromatic N) is 4. The highest BCUT2D eigenvalue weighted by Gasteiger charge is 2.21. The van der Waals surface area contributed by atoms with E-state index in [4.69, 9.17) is 4.42 Å². The van der Waals surface area contributed by atoms with Crippen molar-refractivity contribution in [2.24, 2.45) is 0 Å². The number of rotatable bonds is 6. The van der Waals surface area contributed by atoms with Crippen LogP contribution in [0.25, 0.3) is 21.7 Å². The molecule has 2 aromatic carbocycles. The number of fused-ring (bicyclic) bond motifs is 1. The molecule has 6 nitrogen and oxygen atoms in total. The predicted octanol–water partition coefficient (Wildman–Crippen LogP) is 4.66. The summed E-state index contributed by atoms with van der Waals surface area (Å²) in [5.74, 6) is 0.658. The van der Waals surface area contributed by atoms with Crippen molar-refractivity contribution < 1.29 is 9.21 Å². The number of para-hydroxylation sites is 1. The zero-order valence-electron chi connectivity index (χ0n) is 15.4. The fourth-order valence-electron chi connectivity index (χ4n) is 2.64. The lowest BCUT2D eigenvalue weighted by Gasteiger charge is -2.22. The van der Waals surface area contributed by atoms with E-state index in [1.807, 2.05) is 61.5 Å². The Morgan fingerprint density at radius 2 is 1.89 bits per heavy atom. The molecule has 4 rings (SSSR count). The summed E-state index contributed by atoms with van der Waals surface area (Å²) in [5, 5.41) is 9.37. The SMILES string of the molecule is C[C@@H](c1nc2ccccc2s1)N(C)C(=O)CSc1nnc(-c2ccccc2)o1. The average Bonchev–Trinajstić information content (AvgIpc) is 3.38. The maximum atomic E-state index is 12.6. The second kappa shape index (κ2) is 8.12. The van der Waals surface area contributed by atoms with Crippen molar-refractivity contribution in [3.05, 3.63) is 59.6 Å². The Labute approximate surface area is 170 Å². The zero-order chi connectivity index (χ0) is 19.5. The average molecular weight is 411 g/mol. The summed E-state index contributed by atoms with van der Waals surface area (Å²) in [4.78, 5) is 19.0. The summed E-state index contributed by atoms with van der Waals surface area (Å²) in [6.07, 6.45) is 0. The molecule has 1 amide bonds. The third-order valence-electron chi connectivity index (χ3n) is 4.39. The fraction of sp³-hybridized carbons (Fsp3) is 0.200. The second-order valence-corrected chi connectivity index (χ2v) is 8.22. The molecule has 0 aliphatic rings. The molecule has 0 saturated heterocycles. The van der Waals surface area contributed by atoms with Crippen LogP contribution >= 0.6 is 23.1 Å². The minimum absolute atomic E-state index is 0.0174. The molecule has 28 heavy (non-hydrogen) atoms. The van der Waals surface area contributed by atoms with Gasteiger partial charge in [-0.05, 0) is 31.2 Å². The lowest BCUT2D eigenvalue weighted by molar-refractivity contribution is -0.128. The molecule has 0 fully saturated rings. The number of carbonyl (C=O) groups excluding carboxylic acids is 1. The van der Waals surface area contributed by atoms with E-state index in [0.717, 1.165) is 20.8 Å². The van der Waals surface area contributed by atoms with Crippen LogP contribution in [0.15, 0.2) is 64.2 Å². The van der Waals surface area contributed by atoms with Crippen LogP contribution in [0.2, 0.25) is 0 Å². The predicted molar refractivity (Wildman–Crippen MR) is 111 cm³/mol. The third kappa shape index (κ3) is 3.93. The summed E-state index contributed by atoms with van der Waals surface area (Å²) in [7, 11) is 1.79. The fourth-order valence-corrected chi connectivity index (χ4v) is 4.39. The van der Waals surface area contributed by atoms with Crippen LogP contribution in [0.3, 0.4) is 0 Å². The molecule has 142 valence electrons. The van der Waals surface area contributed by atoms with Crippen molar-refractivity contribution in [2.75, 3.05) is 12.8 Å². The molecule has 2 heterocycles. The van der Waals surface area contributed by atoms with Gasteiger partial charge in [0.05, 0.1) is 22.0 Å². The number of amides is 1. The van der Waals surface area contributed by atoms with Crippen molar-refractivity contribution in [2.45, 2.75) is 18.2 Å². The van der Waals surface area contributed by atoms with E-state index in [-0.39, 0.29) is 17.7 Å². The summed E-state index contributed by atoms with van der Waals surface area (Å²) < 4.78 is 6.77. The van der Waals surface area contributed by atoms with E-state index in [1.54, 1.807) is 23.3 Å². The first-order valence-electron chi connectivity index (χ1n) is 8.74. The first kappa shape index (κ1) is 18.6. The van der Waals surface area contributed by atoms with E-state index < -0.39 is 0 Å². The molecule has 8 heteroatoms. The number of carbonyl (C=O) groups is 1. The number of hydrogen-bond acceptors (Lipinski definition) is 7. The summed E-state index contributed by atoms with van der Waals surface area (Å²) in [5.41, 5.74) is 1.82. The molecule has 0 bridgehead atoms. The van der Waals surface area contributed by atoms with Crippen molar-refractivity contribution >= 4 is 39.2 Å². The Bertz CT molecular complexity index is 1060. The van der Waals surface area contributed by atoms with E-state index in [9.17, 15) is 4.79 Å². The molecular weight excluding hydrogens is 392 g/mol.